The zero-order valence-electron chi connectivity index (χ0n) is 18.8. The molecule has 6 heteroatoms. The van der Waals surface area contributed by atoms with E-state index in [9.17, 15) is 13.2 Å². The minimum atomic E-state index is -4.33. The SMILES string of the molecule is CC(=N)N.CC/C(C)=C/Nc1ccc(/C=C/C(c2cc(C)cc(C)c2)C(F)(F)F)cc1. The van der Waals surface area contributed by atoms with Gasteiger partial charge in [-0.3, -0.25) is 5.41 Å². The van der Waals surface area contributed by atoms with Gasteiger partial charge in [0, 0.05) is 5.69 Å². The van der Waals surface area contributed by atoms with Gasteiger partial charge in [-0.25, -0.2) is 0 Å². The summed E-state index contributed by atoms with van der Waals surface area (Å²) in [5, 5.41) is 9.46. The Labute approximate surface area is 183 Å². The average Bonchev–Trinajstić information content (AvgIpc) is 2.65. The third kappa shape index (κ3) is 10.0. The van der Waals surface area contributed by atoms with Gasteiger partial charge in [-0.1, -0.05) is 66.1 Å². The second-order valence-corrected chi connectivity index (χ2v) is 7.59. The number of benzene rings is 2. The van der Waals surface area contributed by atoms with Gasteiger partial charge in [0.1, 0.15) is 0 Å². The van der Waals surface area contributed by atoms with E-state index in [0.717, 1.165) is 28.8 Å². The number of nitrogens with one attached hydrogen (secondary N) is 2. The Balaban J connectivity index is 0.00000110. The summed E-state index contributed by atoms with van der Waals surface area (Å²) in [6.45, 7) is 9.27. The fraction of sp³-hybridized carbons (Fsp3) is 0.320. The van der Waals surface area contributed by atoms with Crippen LogP contribution in [0.15, 0.2) is 60.3 Å². The van der Waals surface area contributed by atoms with Crippen molar-refractivity contribution in [2.45, 2.75) is 53.1 Å². The van der Waals surface area contributed by atoms with Crippen molar-refractivity contribution in [2.24, 2.45) is 5.73 Å². The quantitative estimate of drug-likeness (QED) is 0.331. The lowest BCUT2D eigenvalue weighted by Crippen LogP contribution is -2.19. The molecule has 1 atom stereocenters. The fourth-order valence-electron chi connectivity index (χ4n) is 2.81. The second-order valence-electron chi connectivity index (χ2n) is 7.59. The number of alkyl halides is 3. The van der Waals surface area contributed by atoms with E-state index in [1.165, 1.54) is 24.6 Å². The molecule has 0 saturated carbocycles. The lowest BCUT2D eigenvalue weighted by molar-refractivity contribution is -0.139. The minimum Gasteiger partial charge on any atom is -0.388 e. The molecule has 0 aliphatic rings. The summed E-state index contributed by atoms with van der Waals surface area (Å²) in [4.78, 5) is 0. The molecule has 0 radical (unpaired) electrons. The maximum Gasteiger partial charge on any atom is 0.399 e. The van der Waals surface area contributed by atoms with Crippen molar-refractivity contribution in [1.82, 2.24) is 0 Å². The van der Waals surface area contributed by atoms with E-state index in [0.29, 0.717) is 0 Å². The van der Waals surface area contributed by atoms with E-state index in [2.05, 4.69) is 12.2 Å². The Morgan fingerprint density at radius 1 is 1.06 bits per heavy atom. The van der Waals surface area contributed by atoms with Crippen LogP contribution in [0.4, 0.5) is 18.9 Å². The van der Waals surface area contributed by atoms with Crippen molar-refractivity contribution in [3.05, 3.63) is 82.6 Å². The zero-order chi connectivity index (χ0) is 23.6. The molecule has 0 aliphatic heterocycles. The molecule has 0 amide bonds. The van der Waals surface area contributed by atoms with Crippen molar-refractivity contribution in [3.8, 4) is 0 Å². The standard InChI is InChI=1S/C23H26F3N.C2H6N2/c1-5-16(2)15-27-21-9-6-19(7-10-21)8-11-22(23(24,25)26)20-13-17(3)12-18(4)14-20;1-2(3)4/h6-15,22,27H,5H2,1-4H3;1H3,(H3,3,4)/b11-8+,16-15+;. The first-order valence-corrected chi connectivity index (χ1v) is 10.1. The topological polar surface area (TPSA) is 61.9 Å². The highest BCUT2D eigenvalue weighted by Crippen LogP contribution is 2.37. The molecule has 2 aromatic carbocycles. The molecule has 0 spiro atoms. The molecule has 4 N–H and O–H groups in total. The van der Waals surface area contributed by atoms with Crippen LogP contribution < -0.4 is 11.1 Å². The molecule has 3 nitrogen and oxygen atoms in total. The highest BCUT2D eigenvalue weighted by Gasteiger charge is 2.38. The number of allylic oxidation sites excluding steroid dienone is 2. The summed E-state index contributed by atoms with van der Waals surface area (Å²) in [7, 11) is 0. The molecule has 0 heterocycles. The molecule has 0 bridgehead atoms. The molecule has 0 saturated heterocycles. The van der Waals surface area contributed by atoms with Crippen molar-refractivity contribution < 1.29 is 13.2 Å². The summed E-state index contributed by atoms with van der Waals surface area (Å²) in [5.41, 5.74) is 9.49. The molecule has 0 fully saturated rings. The summed E-state index contributed by atoms with van der Waals surface area (Å²) in [5.74, 6) is -1.45. The predicted octanol–water partition coefficient (Wildman–Crippen LogP) is 7.33. The molecule has 1 unspecified atom stereocenters. The fourth-order valence-corrected chi connectivity index (χ4v) is 2.81. The maximum absolute atomic E-state index is 13.6. The Kier molecular flexibility index (Phi) is 10.1. The average molecular weight is 432 g/mol. The van der Waals surface area contributed by atoms with Gasteiger partial charge in [0.05, 0.1) is 11.8 Å². The van der Waals surface area contributed by atoms with E-state index in [4.69, 9.17) is 11.1 Å². The number of rotatable bonds is 6. The highest BCUT2D eigenvalue weighted by molar-refractivity contribution is 5.73. The van der Waals surface area contributed by atoms with E-state index < -0.39 is 12.1 Å². The molecule has 2 rings (SSSR count). The maximum atomic E-state index is 13.6. The largest absolute Gasteiger partial charge is 0.399 e. The Morgan fingerprint density at radius 2 is 1.58 bits per heavy atom. The number of amidine groups is 1. The van der Waals surface area contributed by atoms with Gasteiger partial charge >= 0.3 is 6.18 Å². The number of anilines is 1. The molecule has 168 valence electrons. The molecule has 0 aliphatic carbocycles. The van der Waals surface area contributed by atoms with E-state index in [-0.39, 0.29) is 11.4 Å². The predicted molar refractivity (Wildman–Crippen MR) is 125 cm³/mol. The minimum absolute atomic E-state index is 0.167. The first kappa shape index (κ1) is 26.0. The van der Waals surface area contributed by atoms with Crippen LogP contribution >= 0.6 is 0 Å². The Morgan fingerprint density at radius 3 is 2.03 bits per heavy atom. The van der Waals surface area contributed by atoms with Gasteiger partial charge in [0.25, 0.3) is 0 Å². The van der Waals surface area contributed by atoms with Crippen LogP contribution in [-0.4, -0.2) is 12.0 Å². The van der Waals surface area contributed by atoms with Gasteiger partial charge in [-0.05, 0) is 63.6 Å². The summed E-state index contributed by atoms with van der Waals surface area (Å²) in [6, 6.07) is 12.4. The first-order valence-electron chi connectivity index (χ1n) is 10.1. The molecule has 31 heavy (non-hydrogen) atoms. The number of hydrogen-bond acceptors (Lipinski definition) is 2. The molecular weight excluding hydrogens is 399 g/mol. The first-order chi connectivity index (χ1) is 14.4. The smallest absolute Gasteiger partial charge is 0.388 e. The van der Waals surface area contributed by atoms with Gasteiger partial charge in [0.2, 0.25) is 0 Å². The normalized spacial score (nSPS) is 12.8. The van der Waals surface area contributed by atoms with Crippen molar-refractivity contribution >= 4 is 17.6 Å². The summed E-state index contributed by atoms with van der Waals surface area (Å²) >= 11 is 0. The van der Waals surface area contributed by atoms with Gasteiger partial charge < -0.3 is 11.1 Å². The third-order valence-electron chi connectivity index (χ3n) is 4.39. The van der Waals surface area contributed by atoms with Crippen molar-refractivity contribution in [2.75, 3.05) is 5.32 Å². The van der Waals surface area contributed by atoms with E-state index in [1.807, 2.05) is 57.3 Å². The number of nitrogens with two attached hydrogens (primary N) is 1. The summed E-state index contributed by atoms with van der Waals surface area (Å²) in [6.07, 6.45) is 1.33. The Bertz CT molecular complexity index is 886. The highest BCUT2D eigenvalue weighted by atomic mass is 19.4. The van der Waals surface area contributed by atoms with Crippen LogP contribution in [0.2, 0.25) is 0 Å². The molecular formula is C25H32F3N3. The summed E-state index contributed by atoms with van der Waals surface area (Å²) < 4.78 is 40.7. The van der Waals surface area contributed by atoms with Crippen LogP contribution in [0.25, 0.3) is 6.08 Å². The molecule has 2 aromatic rings. The zero-order valence-corrected chi connectivity index (χ0v) is 18.8. The number of hydrogen-bond donors (Lipinski definition) is 3. The monoisotopic (exact) mass is 431 g/mol. The van der Waals surface area contributed by atoms with E-state index >= 15 is 0 Å². The van der Waals surface area contributed by atoms with Crippen LogP contribution in [0.3, 0.4) is 0 Å². The number of halogens is 3. The van der Waals surface area contributed by atoms with Crippen molar-refractivity contribution in [1.29, 1.82) is 5.41 Å². The van der Waals surface area contributed by atoms with Crippen LogP contribution in [0, 0.1) is 19.3 Å². The van der Waals surface area contributed by atoms with E-state index in [1.54, 1.807) is 12.1 Å². The number of aryl methyl sites for hydroxylation is 2. The van der Waals surface area contributed by atoms with Gasteiger partial charge in [0.15, 0.2) is 0 Å². The van der Waals surface area contributed by atoms with Gasteiger partial charge in [-0.15, -0.1) is 0 Å². The molecule has 0 aromatic heterocycles. The van der Waals surface area contributed by atoms with Crippen LogP contribution in [-0.2, 0) is 0 Å². The van der Waals surface area contributed by atoms with Crippen LogP contribution in [0.1, 0.15) is 55.4 Å². The lowest BCUT2D eigenvalue weighted by Gasteiger charge is -2.18. The van der Waals surface area contributed by atoms with Gasteiger partial charge in [-0.2, -0.15) is 13.2 Å². The second kappa shape index (κ2) is 12.0. The lowest BCUT2D eigenvalue weighted by atomic mass is 9.94. The van der Waals surface area contributed by atoms with Crippen molar-refractivity contribution in [3.63, 3.8) is 0 Å². The van der Waals surface area contributed by atoms with Crippen LogP contribution in [0.5, 0.6) is 0 Å². The Hall–Kier alpha value is -3.02. The third-order valence-corrected chi connectivity index (χ3v) is 4.39.